The van der Waals surface area contributed by atoms with E-state index in [0.717, 1.165) is 44.6 Å². The van der Waals surface area contributed by atoms with Gasteiger partial charge in [0.1, 0.15) is 5.75 Å². The third-order valence-electron chi connectivity index (χ3n) is 3.24. The molecule has 2 rings (SSSR count). The van der Waals surface area contributed by atoms with E-state index in [-0.39, 0.29) is 5.91 Å². The Morgan fingerprint density at radius 2 is 2.11 bits per heavy atom. The fraction of sp³-hybridized carbons (Fsp3) is 0.500. The minimum absolute atomic E-state index is 0.247. The molecule has 0 atom stereocenters. The number of nitrogens with zero attached hydrogens (tertiary/aromatic N) is 1. The Morgan fingerprint density at radius 1 is 1.33 bits per heavy atom. The van der Waals surface area contributed by atoms with Gasteiger partial charge in [0, 0.05) is 32.6 Å². The molecule has 18 heavy (non-hydrogen) atoms. The Bertz CT molecular complexity index is 401. The van der Waals surface area contributed by atoms with Crippen LogP contribution in [0.2, 0.25) is 0 Å². The van der Waals surface area contributed by atoms with Crippen LogP contribution in [-0.4, -0.2) is 42.1 Å². The fourth-order valence-corrected chi connectivity index (χ4v) is 2.23. The van der Waals surface area contributed by atoms with E-state index in [1.54, 1.807) is 12.1 Å². The summed E-state index contributed by atoms with van der Waals surface area (Å²) < 4.78 is 0. The van der Waals surface area contributed by atoms with Crippen molar-refractivity contribution in [2.24, 2.45) is 0 Å². The molecule has 1 heterocycles. The van der Waals surface area contributed by atoms with Crippen LogP contribution in [0.1, 0.15) is 18.4 Å². The number of hydrogen-bond acceptors (Lipinski definition) is 3. The van der Waals surface area contributed by atoms with Gasteiger partial charge in [-0.2, -0.15) is 0 Å². The fourth-order valence-electron chi connectivity index (χ4n) is 2.23. The molecule has 1 aromatic rings. The highest BCUT2D eigenvalue weighted by atomic mass is 16.3. The molecule has 1 saturated heterocycles. The molecule has 98 valence electrons. The first-order valence-corrected chi connectivity index (χ1v) is 6.52. The zero-order chi connectivity index (χ0) is 12.8. The van der Waals surface area contributed by atoms with Crippen LogP contribution < -0.4 is 5.32 Å². The topological polar surface area (TPSA) is 52.6 Å². The molecular weight excluding hydrogens is 228 g/mol. The first kappa shape index (κ1) is 12.9. The number of carbonyl (C=O) groups excluding carboxylic acids is 1. The van der Waals surface area contributed by atoms with Gasteiger partial charge < -0.3 is 15.3 Å². The quantitative estimate of drug-likeness (QED) is 0.840. The summed E-state index contributed by atoms with van der Waals surface area (Å²) in [4.78, 5) is 13.8. The van der Waals surface area contributed by atoms with Gasteiger partial charge in [-0.05, 0) is 30.5 Å². The lowest BCUT2D eigenvalue weighted by Crippen LogP contribution is -2.46. The molecule has 1 aliphatic heterocycles. The van der Waals surface area contributed by atoms with E-state index in [9.17, 15) is 9.90 Å². The summed E-state index contributed by atoms with van der Waals surface area (Å²) >= 11 is 0. The summed E-state index contributed by atoms with van der Waals surface area (Å²) in [7, 11) is 0. The first-order valence-electron chi connectivity index (χ1n) is 6.52. The molecule has 1 aliphatic rings. The molecule has 1 fully saturated rings. The molecule has 0 unspecified atom stereocenters. The highest BCUT2D eigenvalue weighted by molar-refractivity contribution is 5.76. The molecule has 4 nitrogen and oxygen atoms in total. The van der Waals surface area contributed by atoms with Gasteiger partial charge in [-0.3, -0.25) is 4.79 Å². The van der Waals surface area contributed by atoms with Crippen molar-refractivity contribution in [2.45, 2.75) is 19.3 Å². The number of piperazine rings is 1. The molecule has 4 heteroatoms. The first-order chi connectivity index (χ1) is 8.75. The monoisotopic (exact) mass is 248 g/mol. The summed E-state index contributed by atoms with van der Waals surface area (Å²) in [6.45, 7) is 3.45. The van der Waals surface area contributed by atoms with Crippen molar-refractivity contribution in [1.82, 2.24) is 10.2 Å². The predicted octanol–water partition coefficient (Wildman–Crippen LogP) is 1.15. The van der Waals surface area contributed by atoms with Crippen molar-refractivity contribution < 1.29 is 9.90 Å². The summed E-state index contributed by atoms with van der Waals surface area (Å²) in [5.74, 6) is 0.539. The summed E-state index contributed by atoms with van der Waals surface area (Å²) in [5.41, 5.74) is 1.09. The van der Waals surface area contributed by atoms with Crippen molar-refractivity contribution >= 4 is 5.91 Å². The Hall–Kier alpha value is -1.55. The van der Waals surface area contributed by atoms with Crippen LogP contribution in [0.3, 0.4) is 0 Å². The van der Waals surface area contributed by atoms with Crippen LogP contribution in [0, 0.1) is 0 Å². The van der Waals surface area contributed by atoms with Crippen molar-refractivity contribution in [3.63, 3.8) is 0 Å². The minimum atomic E-state index is 0.247. The molecule has 1 amide bonds. The van der Waals surface area contributed by atoms with Crippen LogP contribution in [-0.2, 0) is 11.2 Å². The Morgan fingerprint density at radius 3 is 2.83 bits per heavy atom. The smallest absolute Gasteiger partial charge is 0.222 e. The lowest BCUT2D eigenvalue weighted by atomic mass is 10.1. The molecule has 0 bridgehead atoms. The van der Waals surface area contributed by atoms with E-state index in [1.165, 1.54) is 0 Å². The molecule has 0 radical (unpaired) electrons. The molecule has 0 aromatic heterocycles. The number of nitrogens with one attached hydrogen (secondary N) is 1. The molecule has 0 aliphatic carbocycles. The number of amides is 1. The van der Waals surface area contributed by atoms with Crippen LogP contribution >= 0.6 is 0 Å². The Kier molecular flexibility index (Phi) is 4.59. The number of carbonyl (C=O) groups is 1. The normalized spacial score (nSPS) is 15.7. The van der Waals surface area contributed by atoms with E-state index in [2.05, 4.69) is 5.32 Å². The van der Waals surface area contributed by atoms with Gasteiger partial charge in [0.2, 0.25) is 5.91 Å². The minimum Gasteiger partial charge on any atom is -0.508 e. The van der Waals surface area contributed by atoms with E-state index >= 15 is 0 Å². The third-order valence-corrected chi connectivity index (χ3v) is 3.24. The average Bonchev–Trinajstić information content (AvgIpc) is 2.40. The SMILES string of the molecule is O=C(CCCc1cccc(O)c1)N1CCNCC1. The molecular formula is C14H20N2O2. The van der Waals surface area contributed by atoms with Crippen LogP contribution in [0.4, 0.5) is 0 Å². The number of phenolic OH excluding ortho intramolecular Hbond substituents is 1. The molecule has 1 aromatic carbocycles. The number of aryl methyl sites for hydroxylation is 1. The molecule has 0 spiro atoms. The van der Waals surface area contributed by atoms with Gasteiger partial charge in [0.15, 0.2) is 0 Å². The van der Waals surface area contributed by atoms with E-state index in [4.69, 9.17) is 0 Å². The highest BCUT2D eigenvalue weighted by Gasteiger charge is 2.15. The lowest BCUT2D eigenvalue weighted by molar-refractivity contribution is -0.131. The van der Waals surface area contributed by atoms with E-state index in [1.807, 2.05) is 17.0 Å². The number of phenols is 1. The van der Waals surface area contributed by atoms with Crippen LogP contribution in [0.5, 0.6) is 5.75 Å². The number of benzene rings is 1. The maximum absolute atomic E-state index is 11.9. The second kappa shape index (κ2) is 6.40. The largest absolute Gasteiger partial charge is 0.508 e. The Balaban J connectivity index is 1.73. The molecule has 2 N–H and O–H groups in total. The maximum atomic E-state index is 11.9. The summed E-state index contributed by atoms with van der Waals surface area (Å²) in [6.07, 6.45) is 2.27. The zero-order valence-corrected chi connectivity index (χ0v) is 10.6. The number of aromatic hydroxyl groups is 1. The van der Waals surface area contributed by atoms with Crippen LogP contribution in [0.25, 0.3) is 0 Å². The van der Waals surface area contributed by atoms with Crippen LogP contribution in [0.15, 0.2) is 24.3 Å². The van der Waals surface area contributed by atoms with Gasteiger partial charge >= 0.3 is 0 Å². The number of hydrogen-bond donors (Lipinski definition) is 2. The second-order valence-corrected chi connectivity index (χ2v) is 4.65. The van der Waals surface area contributed by atoms with E-state index < -0.39 is 0 Å². The summed E-state index contributed by atoms with van der Waals surface area (Å²) in [5, 5.41) is 12.6. The Labute approximate surface area is 108 Å². The average molecular weight is 248 g/mol. The standard InChI is InChI=1S/C14H20N2O2/c17-13-5-1-3-12(11-13)4-2-6-14(18)16-9-7-15-8-10-16/h1,3,5,11,15,17H,2,4,6-10H2. The zero-order valence-electron chi connectivity index (χ0n) is 10.6. The van der Waals surface area contributed by atoms with Gasteiger partial charge in [0.25, 0.3) is 0 Å². The maximum Gasteiger partial charge on any atom is 0.222 e. The highest BCUT2D eigenvalue weighted by Crippen LogP contribution is 2.13. The van der Waals surface area contributed by atoms with Crippen molar-refractivity contribution in [2.75, 3.05) is 26.2 Å². The van der Waals surface area contributed by atoms with Crippen molar-refractivity contribution in [3.05, 3.63) is 29.8 Å². The van der Waals surface area contributed by atoms with Gasteiger partial charge in [-0.1, -0.05) is 12.1 Å². The van der Waals surface area contributed by atoms with Gasteiger partial charge in [-0.15, -0.1) is 0 Å². The molecule has 0 saturated carbocycles. The van der Waals surface area contributed by atoms with Crippen molar-refractivity contribution in [3.8, 4) is 5.75 Å². The van der Waals surface area contributed by atoms with Crippen molar-refractivity contribution in [1.29, 1.82) is 0 Å². The van der Waals surface area contributed by atoms with Gasteiger partial charge in [0.05, 0.1) is 0 Å². The predicted molar refractivity (Wildman–Crippen MR) is 70.5 cm³/mol. The lowest BCUT2D eigenvalue weighted by Gasteiger charge is -2.27. The third kappa shape index (κ3) is 3.74. The number of rotatable bonds is 4. The summed E-state index contributed by atoms with van der Waals surface area (Å²) in [6, 6.07) is 7.24. The van der Waals surface area contributed by atoms with E-state index in [0.29, 0.717) is 12.2 Å². The second-order valence-electron chi connectivity index (χ2n) is 4.65. The van der Waals surface area contributed by atoms with Gasteiger partial charge in [-0.25, -0.2) is 0 Å².